The van der Waals surface area contributed by atoms with Crippen molar-refractivity contribution in [2.45, 2.75) is 32.6 Å². The predicted octanol–water partition coefficient (Wildman–Crippen LogP) is 2.15. The fourth-order valence-electron chi connectivity index (χ4n) is 1.42. The summed E-state index contributed by atoms with van der Waals surface area (Å²) in [5, 5.41) is 0. The van der Waals surface area contributed by atoms with Gasteiger partial charge in [-0.2, -0.15) is 0 Å². The van der Waals surface area contributed by atoms with Crippen LogP contribution in [0.4, 0.5) is 0 Å². The van der Waals surface area contributed by atoms with Crippen LogP contribution >= 0.6 is 0 Å². The summed E-state index contributed by atoms with van der Waals surface area (Å²) in [6, 6.07) is 1.36. The molecular formula is C12H17NO3. The second-order valence-corrected chi connectivity index (χ2v) is 3.61. The van der Waals surface area contributed by atoms with Crippen molar-refractivity contribution in [2.75, 3.05) is 6.61 Å². The van der Waals surface area contributed by atoms with Crippen LogP contribution in [0.3, 0.4) is 0 Å². The molecule has 0 aliphatic carbocycles. The molecule has 1 aromatic heterocycles. The van der Waals surface area contributed by atoms with E-state index in [1.54, 1.807) is 0 Å². The third-order valence-corrected chi connectivity index (χ3v) is 2.30. The molecule has 0 atom stereocenters. The van der Waals surface area contributed by atoms with E-state index in [2.05, 4.69) is 11.9 Å². The Bertz CT molecular complexity index is 384. The number of nitrogens with one attached hydrogen (secondary N) is 1. The molecule has 1 N–H and O–H groups in total. The number of carbonyl (C=O) groups excluding carboxylic acids is 1. The van der Waals surface area contributed by atoms with Crippen LogP contribution in [0.5, 0.6) is 5.75 Å². The second-order valence-electron chi connectivity index (χ2n) is 3.61. The maximum absolute atomic E-state index is 11.4. The SMILES string of the molecule is CCCCCCOc1c(C=O)[nH]ccc1=O. The number of hydrogen-bond acceptors (Lipinski definition) is 3. The van der Waals surface area contributed by atoms with Gasteiger partial charge in [-0.15, -0.1) is 0 Å². The molecule has 0 saturated carbocycles. The van der Waals surface area contributed by atoms with E-state index >= 15 is 0 Å². The fraction of sp³-hybridized carbons (Fsp3) is 0.500. The van der Waals surface area contributed by atoms with E-state index in [1.807, 2.05) is 0 Å². The smallest absolute Gasteiger partial charge is 0.224 e. The summed E-state index contributed by atoms with van der Waals surface area (Å²) < 4.78 is 5.33. The first kappa shape index (κ1) is 12.5. The zero-order chi connectivity index (χ0) is 11.8. The molecule has 0 fully saturated rings. The number of carbonyl (C=O) groups is 1. The average molecular weight is 223 g/mol. The molecule has 1 aromatic rings. The van der Waals surface area contributed by atoms with E-state index in [0.717, 1.165) is 25.7 Å². The summed E-state index contributed by atoms with van der Waals surface area (Å²) in [7, 11) is 0. The van der Waals surface area contributed by atoms with Crippen molar-refractivity contribution in [3.05, 3.63) is 28.2 Å². The van der Waals surface area contributed by atoms with Crippen LogP contribution in [0, 0.1) is 0 Å². The van der Waals surface area contributed by atoms with E-state index in [-0.39, 0.29) is 16.9 Å². The first-order valence-electron chi connectivity index (χ1n) is 5.59. The highest BCUT2D eigenvalue weighted by Gasteiger charge is 2.06. The first-order chi connectivity index (χ1) is 7.79. The maximum Gasteiger partial charge on any atom is 0.224 e. The predicted molar refractivity (Wildman–Crippen MR) is 62.1 cm³/mol. The van der Waals surface area contributed by atoms with E-state index in [1.165, 1.54) is 12.3 Å². The van der Waals surface area contributed by atoms with Gasteiger partial charge in [-0.1, -0.05) is 26.2 Å². The van der Waals surface area contributed by atoms with Gasteiger partial charge in [0.05, 0.1) is 6.61 Å². The minimum absolute atomic E-state index is 0.133. The molecule has 1 heterocycles. The highest BCUT2D eigenvalue weighted by molar-refractivity contribution is 5.75. The number of aldehydes is 1. The van der Waals surface area contributed by atoms with Crippen LogP contribution in [0.2, 0.25) is 0 Å². The Morgan fingerprint density at radius 2 is 2.19 bits per heavy atom. The Morgan fingerprint density at radius 1 is 1.38 bits per heavy atom. The minimum atomic E-state index is -0.253. The summed E-state index contributed by atoms with van der Waals surface area (Å²) in [5.74, 6) is 0.133. The first-order valence-corrected chi connectivity index (χ1v) is 5.59. The van der Waals surface area contributed by atoms with Crippen LogP contribution in [0.1, 0.15) is 43.1 Å². The van der Waals surface area contributed by atoms with E-state index in [9.17, 15) is 9.59 Å². The van der Waals surface area contributed by atoms with E-state index in [0.29, 0.717) is 12.9 Å². The lowest BCUT2D eigenvalue weighted by Crippen LogP contribution is -2.12. The molecule has 0 saturated heterocycles. The van der Waals surface area contributed by atoms with Gasteiger partial charge in [0.15, 0.2) is 12.0 Å². The summed E-state index contributed by atoms with van der Waals surface area (Å²) >= 11 is 0. The molecule has 4 nitrogen and oxygen atoms in total. The van der Waals surface area contributed by atoms with Crippen molar-refractivity contribution >= 4 is 6.29 Å². The molecule has 0 unspecified atom stereocenters. The summed E-state index contributed by atoms with van der Waals surface area (Å²) in [6.07, 6.45) is 6.34. The normalized spacial score (nSPS) is 10.1. The van der Waals surface area contributed by atoms with Gasteiger partial charge in [-0.3, -0.25) is 9.59 Å². The molecule has 1 rings (SSSR count). The van der Waals surface area contributed by atoms with Crippen LogP contribution in [-0.4, -0.2) is 17.9 Å². The zero-order valence-corrected chi connectivity index (χ0v) is 9.49. The molecular weight excluding hydrogens is 206 g/mol. The van der Waals surface area contributed by atoms with Crippen LogP contribution in [0.15, 0.2) is 17.1 Å². The molecule has 88 valence electrons. The number of aromatic amines is 1. The molecule has 0 aliphatic rings. The topological polar surface area (TPSA) is 59.2 Å². The molecule has 0 aromatic carbocycles. The number of ether oxygens (including phenoxy) is 1. The van der Waals surface area contributed by atoms with Gasteiger partial charge in [0.2, 0.25) is 5.43 Å². The quantitative estimate of drug-likeness (QED) is 0.569. The van der Waals surface area contributed by atoms with Crippen molar-refractivity contribution in [1.29, 1.82) is 0 Å². The van der Waals surface area contributed by atoms with E-state index in [4.69, 9.17) is 4.74 Å². The van der Waals surface area contributed by atoms with Gasteiger partial charge in [0.25, 0.3) is 0 Å². The average Bonchev–Trinajstić information content (AvgIpc) is 2.30. The molecule has 16 heavy (non-hydrogen) atoms. The third kappa shape index (κ3) is 3.53. The lowest BCUT2D eigenvalue weighted by Gasteiger charge is -2.06. The number of rotatable bonds is 7. The molecule has 0 bridgehead atoms. The number of pyridine rings is 1. The molecule has 0 aliphatic heterocycles. The Morgan fingerprint density at radius 3 is 2.88 bits per heavy atom. The highest BCUT2D eigenvalue weighted by atomic mass is 16.5. The van der Waals surface area contributed by atoms with Gasteiger partial charge in [-0.25, -0.2) is 0 Å². The van der Waals surface area contributed by atoms with Crippen molar-refractivity contribution in [1.82, 2.24) is 4.98 Å². The largest absolute Gasteiger partial charge is 0.487 e. The molecule has 4 heteroatoms. The Kier molecular flexibility index (Phi) is 5.32. The fourth-order valence-corrected chi connectivity index (χ4v) is 1.42. The lowest BCUT2D eigenvalue weighted by molar-refractivity contribution is 0.111. The Labute approximate surface area is 94.6 Å². The number of hydrogen-bond donors (Lipinski definition) is 1. The zero-order valence-electron chi connectivity index (χ0n) is 9.49. The van der Waals surface area contributed by atoms with Gasteiger partial charge >= 0.3 is 0 Å². The third-order valence-electron chi connectivity index (χ3n) is 2.30. The lowest BCUT2D eigenvalue weighted by atomic mass is 10.2. The highest BCUT2D eigenvalue weighted by Crippen LogP contribution is 2.08. The van der Waals surface area contributed by atoms with Crippen LogP contribution < -0.4 is 10.2 Å². The van der Waals surface area contributed by atoms with Crippen LogP contribution in [0.25, 0.3) is 0 Å². The Balaban J connectivity index is 2.53. The van der Waals surface area contributed by atoms with Crippen LogP contribution in [-0.2, 0) is 0 Å². The number of aromatic nitrogens is 1. The van der Waals surface area contributed by atoms with Crippen molar-refractivity contribution in [3.63, 3.8) is 0 Å². The van der Waals surface area contributed by atoms with Crippen molar-refractivity contribution in [2.24, 2.45) is 0 Å². The van der Waals surface area contributed by atoms with Gasteiger partial charge in [0, 0.05) is 12.3 Å². The molecule has 0 amide bonds. The second kappa shape index (κ2) is 6.82. The molecule has 0 spiro atoms. The standard InChI is InChI=1S/C12H17NO3/c1-2-3-4-5-8-16-12-10(9-14)13-7-6-11(12)15/h6-7,9H,2-5,8H2,1H3,(H,13,15). The maximum atomic E-state index is 11.4. The summed E-state index contributed by atoms with van der Waals surface area (Å²) in [6.45, 7) is 2.61. The van der Waals surface area contributed by atoms with Gasteiger partial charge < -0.3 is 9.72 Å². The summed E-state index contributed by atoms with van der Waals surface area (Å²) in [4.78, 5) is 24.8. The van der Waals surface area contributed by atoms with Gasteiger partial charge in [-0.05, 0) is 6.42 Å². The van der Waals surface area contributed by atoms with Crippen molar-refractivity contribution in [3.8, 4) is 5.75 Å². The minimum Gasteiger partial charge on any atom is -0.487 e. The number of unbranched alkanes of at least 4 members (excludes halogenated alkanes) is 3. The van der Waals surface area contributed by atoms with E-state index < -0.39 is 0 Å². The monoisotopic (exact) mass is 223 g/mol. The van der Waals surface area contributed by atoms with Crippen molar-refractivity contribution < 1.29 is 9.53 Å². The summed E-state index contributed by atoms with van der Waals surface area (Å²) in [5.41, 5.74) is -0.0423. The Hall–Kier alpha value is -1.58. The molecule has 0 radical (unpaired) electrons. The van der Waals surface area contributed by atoms with Gasteiger partial charge in [0.1, 0.15) is 5.69 Å². The number of H-pyrrole nitrogens is 1.